The lowest BCUT2D eigenvalue weighted by Gasteiger charge is -2.42. The minimum atomic E-state index is -5.24. The molecule has 0 bridgehead atoms. The van der Waals surface area contributed by atoms with Crippen LogP contribution in [0.4, 0.5) is 18.0 Å². The van der Waals surface area contributed by atoms with E-state index in [1.54, 1.807) is 20.8 Å². The molecule has 0 aromatic carbocycles. The van der Waals surface area contributed by atoms with Gasteiger partial charge in [0.05, 0.1) is 5.48 Å². The SMILES string of the molecule is [2H]C1CN(C(C)(C)C)C([2H])([2H])C([2H])([2H])N1C(=O)OC([2H])(C)C(F)(F)F. The first-order chi connectivity index (χ1) is 10.8. The molecule has 2 unspecified atom stereocenters. The van der Waals surface area contributed by atoms with E-state index in [1.165, 1.54) is 0 Å². The zero-order valence-electron chi connectivity index (χ0n) is 17.1. The summed E-state index contributed by atoms with van der Waals surface area (Å²) < 4.78 is 89.1. The molecule has 0 radical (unpaired) electrons. The van der Waals surface area contributed by atoms with Crippen molar-refractivity contribution in [3.8, 4) is 0 Å². The summed E-state index contributed by atoms with van der Waals surface area (Å²) >= 11 is 0. The molecule has 19 heavy (non-hydrogen) atoms. The third-order valence-corrected chi connectivity index (χ3v) is 2.40. The fourth-order valence-corrected chi connectivity index (χ4v) is 1.17. The quantitative estimate of drug-likeness (QED) is 0.743. The Morgan fingerprint density at radius 2 is 1.95 bits per heavy atom. The van der Waals surface area contributed by atoms with Gasteiger partial charge in [-0.15, -0.1) is 0 Å². The molecule has 0 N–H and O–H groups in total. The first-order valence-corrected chi connectivity index (χ1v) is 5.56. The first kappa shape index (κ1) is 9.05. The van der Waals surface area contributed by atoms with Gasteiger partial charge in [0.25, 0.3) is 0 Å². The molecule has 1 amide bonds. The highest BCUT2D eigenvalue weighted by atomic mass is 19.4. The van der Waals surface area contributed by atoms with Crippen molar-refractivity contribution >= 4 is 6.09 Å². The van der Waals surface area contributed by atoms with Crippen LogP contribution in [0, 0.1) is 0 Å². The number of nitrogens with zero attached hydrogens (tertiary/aromatic N) is 2. The fourth-order valence-electron chi connectivity index (χ4n) is 1.17. The number of rotatable bonds is 1. The Bertz CT molecular complexity index is 536. The summed E-state index contributed by atoms with van der Waals surface area (Å²) in [5.41, 5.74) is -0.915. The second-order valence-electron chi connectivity index (χ2n) is 4.98. The van der Waals surface area contributed by atoms with Gasteiger partial charge in [0.1, 0.15) is 0 Å². The number of alkyl halides is 3. The number of ether oxygens (including phenoxy) is 1. The van der Waals surface area contributed by atoms with E-state index in [0.717, 1.165) is 4.90 Å². The minimum Gasteiger partial charge on any atom is -0.437 e. The molecule has 0 saturated carbocycles. The van der Waals surface area contributed by atoms with Crippen LogP contribution < -0.4 is 0 Å². The monoisotopic (exact) mass is 288 g/mol. The summed E-state index contributed by atoms with van der Waals surface area (Å²) in [5, 5.41) is 0. The molecular formula is C12H21F3N2O2. The summed E-state index contributed by atoms with van der Waals surface area (Å²) in [4.78, 5) is 13.1. The second kappa shape index (κ2) is 5.56. The smallest absolute Gasteiger partial charge is 0.425 e. The lowest BCUT2D eigenvalue weighted by molar-refractivity contribution is -0.200. The molecule has 1 saturated heterocycles. The van der Waals surface area contributed by atoms with Gasteiger partial charge in [-0.2, -0.15) is 13.2 Å². The topological polar surface area (TPSA) is 32.8 Å². The fraction of sp³-hybridized carbons (Fsp3) is 0.917. The van der Waals surface area contributed by atoms with Gasteiger partial charge in [-0.25, -0.2) is 4.79 Å². The Kier molecular flexibility index (Phi) is 2.65. The van der Waals surface area contributed by atoms with E-state index >= 15 is 0 Å². The highest BCUT2D eigenvalue weighted by molar-refractivity contribution is 5.68. The van der Waals surface area contributed by atoms with Crippen LogP contribution >= 0.6 is 0 Å². The molecule has 1 aliphatic rings. The van der Waals surface area contributed by atoms with Gasteiger partial charge in [-0.1, -0.05) is 0 Å². The van der Waals surface area contributed by atoms with E-state index in [9.17, 15) is 18.0 Å². The number of amides is 1. The molecule has 0 aromatic heterocycles. The van der Waals surface area contributed by atoms with Crippen molar-refractivity contribution in [2.75, 3.05) is 26.1 Å². The molecule has 1 heterocycles. The van der Waals surface area contributed by atoms with E-state index in [-0.39, 0.29) is 11.8 Å². The van der Waals surface area contributed by atoms with Crippen molar-refractivity contribution in [3.63, 3.8) is 0 Å². The molecule has 1 fully saturated rings. The highest BCUT2D eigenvalue weighted by Crippen LogP contribution is 2.23. The largest absolute Gasteiger partial charge is 0.437 e. The maximum Gasteiger partial charge on any atom is 0.425 e. The average molecular weight is 288 g/mol. The zero-order valence-corrected chi connectivity index (χ0v) is 11.1. The Balaban J connectivity index is 3.24. The van der Waals surface area contributed by atoms with Crippen molar-refractivity contribution in [2.45, 2.75) is 45.5 Å². The van der Waals surface area contributed by atoms with Crippen molar-refractivity contribution < 1.29 is 30.9 Å². The number of carbonyl (C=O) groups is 1. The van der Waals surface area contributed by atoms with Gasteiger partial charge < -0.3 is 9.64 Å². The maximum absolute atomic E-state index is 12.7. The molecule has 4 nitrogen and oxygen atoms in total. The van der Waals surface area contributed by atoms with Crippen molar-refractivity contribution in [3.05, 3.63) is 0 Å². The number of hydrogen-bond acceptors (Lipinski definition) is 3. The van der Waals surface area contributed by atoms with E-state index < -0.39 is 49.9 Å². The third-order valence-electron chi connectivity index (χ3n) is 2.40. The predicted octanol–water partition coefficient (Wildman–Crippen LogP) is 2.49. The summed E-state index contributed by atoms with van der Waals surface area (Å²) in [6, 6.07) is 0. The second-order valence-corrected chi connectivity index (χ2v) is 4.98. The lowest BCUT2D eigenvalue weighted by atomic mass is 10.1. The van der Waals surface area contributed by atoms with E-state index in [2.05, 4.69) is 4.74 Å². The minimum absolute atomic E-state index is 0.0340. The molecule has 2 atom stereocenters. The van der Waals surface area contributed by atoms with E-state index in [1.807, 2.05) is 0 Å². The van der Waals surface area contributed by atoms with Crippen molar-refractivity contribution in [1.82, 2.24) is 9.80 Å². The van der Waals surface area contributed by atoms with Crippen LogP contribution in [0.5, 0.6) is 0 Å². The van der Waals surface area contributed by atoms with Crippen LogP contribution in [-0.2, 0) is 4.74 Å². The molecule has 1 aliphatic heterocycles. The van der Waals surface area contributed by atoms with Crippen LogP contribution in [0.2, 0.25) is 0 Å². The Labute approximate surface area is 119 Å². The summed E-state index contributed by atoms with van der Waals surface area (Å²) in [7, 11) is 0. The molecule has 0 spiro atoms. The Hall–Kier alpha value is -0.980. The summed E-state index contributed by atoms with van der Waals surface area (Å²) in [6.45, 7) is -3.16. The Morgan fingerprint density at radius 3 is 2.42 bits per heavy atom. The van der Waals surface area contributed by atoms with Gasteiger partial charge in [0, 0.05) is 34.3 Å². The third kappa shape index (κ3) is 4.56. The number of halogens is 3. The molecular weight excluding hydrogens is 261 g/mol. The van der Waals surface area contributed by atoms with Gasteiger partial charge in [0.2, 0.25) is 0 Å². The van der Waals surface area contributed by atoms with Crippen molar-refractivity contribution in [1.29, 1.82) is 0 Å². The average Bonchev–Trinajstić information content (AvgIpc) is 2.30. The van der Waals surface area contributed by atoms with Crippen LogP contribution in [0.15, 0.2) is 0 Å². The number of piperazine rings is 1. The molecule has 0 aromatic rings. The first-order valence-electron chi connectivity index (χ1n) is 8.63. The molecule has 0 aliphatic carbocycles. The molecule has 1 rings (SSSR count). The van der Waals surface area contributed by atoms with Gasteiger partial charge in [0.15, 0.2) is 6.08 Å². The van der Waals surface area contributed by atoms with Crippen molar-refractivity contribution in [2.24, 2.45) is 0 Å². The normalized spacial score (nSPS) is 35.7. The van der Waals surface area contributed by atoms with Crippen LogP contribution in [0.25, 0.3) is 0 Å². The van der Waals surface area contributed by atoms with Crippen LogP contribution in [-0.4, -0.2) is 59.7 Å². The van der Waals surface area contributed by atoms with E-state index in [0.29, 0.717) is 0 Å². The standard InChI is InChI=1S/C12H21F3N2O2/c1-9(12(13,14)15)19-10(18)16-5-7-17(8-6-16)11(2,3)4/h9H,5-8H2,1-4H3/i5D,6D2,8D2,9D. The van der Waals surface area contributed by atoms with Gasteiger partial charge in [-0.3, -0.25) is 4.90 Å². The predicted molar refractivity (Wildman–Crippen MR) is 64.9 cm³/mol. The van der Waals surface area contributed by atoms with Gasteiger partial charge in [-0.05, 0) is 27.7 Å². The Morgan fingerprint density at radius 1 is 1.37 bits per heavy atom. The number of hydrogen-bond donors (Lipinski definition) is 0. The number of carbonyl (C=O) groups excluding carboxylic acids is 1. The molecule has 7 heteroatoms. The van der Waals surface area contributed by atoms with Crippen LogP contribution in [0.3, 0.4) is 0 Å². The highest BCUT2D eigenvalue weighted by Gasteiger charge is 2.40. The lowest BCUT2D eigenvalue weighted by Crippen LogP contribution is -2.55. The zero-order chi connectivity index (χ0) is 20.2. The summed E-state index contributed by atoms with van der Waals surface area (Å²) in [6.07, 6.45) is -10.8. The molecule has 112 valence electrons. The van der Waals surface area contributed by atoms with Gasteiger partial charge >= 0.3 is 12.3 Å². The van der Waals surface area contributed by atoms with E-state index in [4.69, 9.17) is 8.22 Å². The van der Waals surface area contributed by atoms with Crippen LogP contribution in [0.1, 0.15) is 35.9 Å². The maximum atomic E-state index is 12.7. The summed E-state index contributed by atoms with van der Waals surface area (Å²) in [5.74, 6) is 0.